The van der Waals surface area contributed by atoms with Gasteiger partial charge in [-0.05, 0) is 25.7 Å². The van der Waals surface area contributed by atoms with E-state index in [0.29, 0.717) is 5.88 Å². The van der Waals surface area contributed by atoms with Crippen LogP contribution in [0.3, 0.4) is 0 Å². The molecule has 58 valence electrons. The fourth-order valence-electron chi connectivity index (χ4n) is 0.732. The first kappa shape index (κ1) is 9.77. The first-order chi connectivity index (χ1) is 4.91. The van der Waals surface area contributed by atoms with Gasteiger partial charge in [0.15, 0.2) is 0 Å². The Hall–Kier alpha value is -0.230. The normalized spacial score (nSPS) is 10.5. The standard InChI is InChI=1S/C9H15Cl/c1-2-3-4-5-6-7-8-9-10/h2,7-8H,1,3-6,9H2/b8-7+. The van der Waals surface area contributed by atoms with Crippen LogP contribution in [0.5, 0.6) is 0 Å². The Bertz CT molecular complexity index is 94.9. The van der Waals surface area contributed by atoms with Gasteiger partial charge in [0.2, 0.25) is 0 Å². The molecule has 0 aromatic carbocycles. The summed E-state index contributed by atoms with van der Waals surface area (Å²) in [6.07, 6.45) is 10.9. The fraction of sp³-hybridized carbons (Fsp3) is 0.556. The van der Waals surface area contributed by atoms with Crippen LogP contribution in [0.15, 0.2) is 24.8 Å². The van der Waals surface area contributed by atoms with Crippen LogP contribution < -0.4 is 0 Å². The Labute approximate surface area is 68.6 Å². The number of halogens is 1. The molecular formula is C9H15Cl. The van der Waals surface area contributed by atoms with E-state index >= 15 is 0 Å². The summed E-state index contributed by atoms with van der Waals surface area (Å²) in [5.41, 5.74) is 0. The lowest BCUT2D eigenvalue weighted by atomic mass is 10.2. The van der Waals surface area contributed by atoms with E-state index in [-0.39, 0.29) is 0 Å². The van der Waals surface area contributed by atoms with Gasteiger partial charge in [-0.15, -0.1) is 18.2 Å². The summed E-state index contributed by atoms with van der Waals surface area (Å²) in [6.45, 7) is 3.66. The maximum absolute atomic E-state index is 5.44. The second-order valence-electron chi connectivity index (χ2n) is 2.20. The summed E-state index contributed by atoms with van der Waals surface area (Å²) in [6, 6.07) is 0. The van der Waals surface area contributed by atoms with Crippen molar-refractivity contribution in [3.63, 3.8) is 0 Å². The van der Waals surface area contributed by atoms with E-state index in [4.69, 9.17) is 11.6 Å². The summed E-state index contributed by atoms with van der Waals surface area (Å²) in [5, 5.41) is 0. The van der Waals surface area contributed by atoms with E-state index in [9.17, 15) is 0 Å². The zero-order valence-electron chi connectivity index (χ0n) is 6.35. The van der Waals surface area contributed by atoms with Crippen molar-refractivity contribution < 1.29 is 0 Å². The molecule has 0 nitrogen and oxygen atoms in total. The number of allylic oxidation sites excluding steroid dienone is 3. The van der Waals surface area contributed by atoms with Gasteiger partial charge in [-0.25, -0.2) is 0 Å². The molecule has 0 aliphatic heterocycles. The van der Waals surface area contributed by atoms with Crippen LogP contribution in [0.25, 0.3) is 0 Å². The zero-order chi connectivity index (χ0) is 7.66. The van der Waals surface area contributed by atoms with Crippen molar-refractivity contribution in [2.45, 2.75) is 25.7 Å². The Kier molecular flexibility index (Phi) is 8.57. The largest absolute Gasteiger partial charge is 0.122 e. The minimum Gasteiger partial charge on any atom is -0.122 e. The molecule has 0 radical (unpaired) electrons. The lowest BCUT2D eigenvalue weighted by Gasteiger charge is -1.90. The molecule has 0 rings (SSSR count). The summed E-state index contributed by atoms with van der Waals surface area (Å²) in [7, 11) is 0. The zero-order valence-corrected chi connectivity index (χ0v) is 7.11. The van der Waals surface area contributed by atoms with Crippen LogP contribution in [-0.2, 0) is 0 Å². The highest BCUT2D eigenvalue weighted by Crippen LogP contribution is 2.00. The Morgan fingerprint density at radius 2 is 1.80 bits per heavy atom. The monoisotopic (exact) mass is 158 g/mol. The molecule has 0 fully saturated rings. The van der Waals surface area contributed by atoms with Crippen molar-refractivity contribution in [3.8, 4) is 0 Å². The molecule has 0 saturated heterocycles. The highest BCUT2D eigenvalue weighted by molar-refractivity contribution is 6.18. The fourth-order valence-corrected chi connectivity index (χ4v) is 0.858. The van der Waals surface area contributed by atoms with Gasteiger partial charge in [-0.2, -0.15) is 0 Å². The van der Waals surface area contributed by atoms with Crippen molar-refractivity contribution >= 4 is 11.6 Å². The molecule has 0 N–H and O–H groups in total. The molecule has 0 heterocycles. The van der Waals surface area contributed by atoms with Crippen molar-refractivity contribution in [2.75, 3.05) is 5.88 Å². The smallest absolute Gasteiger partial charge is 0.0404 e. The van der Waals surface area contributed by atoms with Gasteiger partial charge in [-0.1, -0.05) is 18.2 Å². The van der Waals surface area contributed by atoms with Crippen LogP contribution in [0.4, 0.5) is 0 Å². The van der Waals surface area contributed by atoms with Crippen molar-refractivity contribution in [1.29, 1.82) is 0 Å². The number of unbranched alkanes of at least 4 members (excludes halogenated alkanes) is 3. The average Bonchev–Trinajstić information content (AvgIpc) is 1.97. The number of alkyl halides is 1. The van der Waals surface area contributed by atoms with Crippen molar-refractivity contribution in [2.24, 2.45) is 0 Å². The third-order valence-corrected chi connectivity index (χ3v) is 1.46. The van der Waals surface area contributed by atoms with Crippen LogP contribution in [0.1, 0.15) is 25.7 Å². The number of hydrogen-bond acceptors (Lipinski definition) is 0. The highest BCUT2D eigenvalue weighted by atomic mass is 35.5. The minimum absolute atomic E-state index is 0.640. The van der Waals surface area contributed by atoms with Gasteiger partial charge in [0.1, 0.15) is 0 Å². The highest BCUT2D eigenvalue weighted by Gasteiger charge is 1.81. The third-order valence-electron chi connectivity index (χ3n) is 1.28. The topological polar surface area (TPSA) is 0 Å². The van der Waals surface area contributed by atoms with E-state index in [0.717, 1.165) is 12.8 Å². The predicted molar refractivity (Wildman–Crippen MR) is 48.5 cm³/mol. The van der Waals surface area contributed by atoms with Gasteiger partial charge in [0.25, 0.3) is 0 Å². The molecule has 0 saturated carbocycles. The summed E-state index contributed by atoms with van der Waals surface area (Å²) in [5.74, 6) is 0.640. The summed E-state index contributed by atoms with van der Waals surface area (Å²) >= 11 is 5.44. The van der Waals surface area contributed by atoms with Crippen molar-refractivity contribution in [3.05, 3.63) is 24.8 Å². The molecule has 0 aromatic rings. The molecule has 0 bridgehead atoms. The van der Waals surface area contributed by atoms with Crippen LogP contribution in [-0.4, -0.2) is 5.88 Å². The Morgan fingerprint density at radius 1 is 1.10 bits per heavy atom. The van der Waals surface area contributed by atoms with Crippen LogP contribution in [0, 0.1) is 0 Å². The maximum Gasteiger partial charge on any atom is 0.0404 e. The molecule has 1 heteroatoms. The average molecular weight is 159 g/mol. The van der Waals surface area contributed by atoms with Gasteiger partial charge >= 0.3 is 0 Å². The lowest BCUT2D eigenvalue weighted by Crippen LogP contribution is -1.71. The quantitative estimate of drug-likeness (QED) is 0.315. The molecule has 0 atom stereocenters. The molecule has 0 spiro atoms. The van der Waals surface area contributed by atoms with Gasteiger partial charge < -0.3 is 0 Å². The Morgan fingerprint density at radius 3 is 2.40 bits per heavy atom. The second kappa shape index (κ2) is 8.77. The molecule has 0 amide bonds. The lowest BCUT2D eigenvalue weighted by molar-refractivity contribution is 0.762. The molecule has 0 unspecified atom stereocenters. The number of rotatable bonds is 6. The first-order valence-corrected chi connectivity index (χ1v) is 4.27. The SMILES string of the molecule is C=CCCCC/C=C/CCl. The van der Waals surface area contributed by atoms with E-state index in [1.165, 1.54) is 12.8 Å². The maximum atomic E-state index is 5.44. The molecule has 0 aromatic heterocycles. The van der Waals surface area contributed by atoms with E-state index in [2.05, 4.69) is 12.7 Å². The summed E-state index contributed by atoms with van der Waals surface area (Å²) < 4.78 is 0. The van der Waals surface area contributed by atoms with E-state index in [1.54, 1.807) is 0 Å². The third kappa shape index (κ3) is 7.77. The minimum atomic E-state index is 0.640. The Balaban J connectivity index is 2.89. The molecular weight excluding hydrogens is 144 g/mol. The number of hydrogen-bond donors (Lipinski definition) is 0. The van der Waals surface area contributed by atoms with E-state index in [1.807, 2.05) is 12.2 Å². The summed E-state index contributed by atoms with van der Waals surface area (Å²) in [4.78, 5) is 0. The van der Waals surface area contributed by atoms with Gasteiger partial charge in [0, 0.05) is 5.88 Å². The van der Waals surface area contributed by atoms with Crippen LogP contribution in [0.2, 0.25) is 0 Å². The molecule has 0 aliphatic rings. The van der Waals surface area contributed by atoms with E-state index < -0.39 is 0 Å². The van der Waals surface area contributed by atoms with Gasteiger partial charge in [0.05, 0.1) is 0 Å². The van der Waals surface area contributed by atoms with Crippen LogP contribution >= 0.6 is 11.6 Å². The molecule has 0 aliphatic carbocycles. The first-order valence-electron chi connectivity index (χ1n) is 3.73. The van der Waals surface area contributed by atoms with Gasteiger partial charge in [-0.3, -0.25) is 0 Å². The second-order valence-corrected chi connectivity index (χ2v) is 2.51. The molecule has 10 heavy (non-hydrogen) atoms. The predicted octanol–water partition coefficient (Wildman–Crippen LogP) is 3.53. The van der Waals surface area contributed by atoms with Crippen molar-refractivity contribution in [1.82, 2.24) is 0 Å².